The molecule has 0 fully saturated rings. The SMILES string of the molecule is CCCCCCCCCC[C@@](C)(CC#N)SC(=S)S. The average molecular weight is 318 g/mol. The Kier molecular flexibility index (Phi) is 12.2. The Bertz CT molecular complexity index is 286. The summed E-state index contributed by atoms with van der Waals surface area (Å²) in [6.07, 6.45) is 12.2. The Balaban J connectivity index is 3.70. The van der Waals surface area contributed by atoms with Crippen LogP contribution in [0.5, 0.6) is 0 Å². The van der Waals surface area contributed by atoms with Crippen molar-refractivity contribution in [3.05, 3.63) is 0 Å². The van der Waals surface area contributed by atoms with Gasteiger partial charge in [-0.15, -0.1) is 24.4 Å². The van der Waals surface area contributed by atoms with E-state index >= 15 is 0 Å². The molecule has 0 radical (unpaired) electrons. The molecule has 110 valence electrons. The van der Waals surface area contributed by atoms with Crippen LogP contribution in [0, 0.1) is 11.3 Å². The third kappa shape index (κ3) is 11.8. The highest BCUT2D eigenvalue weighted by Gasteiger charge is 2.25. The Morgan fingerprint density at radius 1 is 1.16 bits per heavy atom. The molecule has 0 aliphatic carbocycles. The zero-order valence-electron chi connectivity index (χ0n) is 12.3. The topological polar surface area (TPSA) is 23.8 Å². The fraction of sp³-hybridized carbons (Fsp3) is 0.867. The highest BCUT2D eigenvalue weighted by Crippen LogP contribution is 2.35. The number of thiol groups is 1. The van der Waals surface area contributed by atoms with E-state index in [1.807, 2.05) is 0 Å². The molecule has 0 bridgehead atoms. The van der Waals surface area contributed by atoms with Crippen molar-refractivity contribution in [1.29, 1.82) is 5.26 Å². The first-order valence-corrected chi connectivity index (χ1v) is 9.00. The molecule has 0 N–H and O–H groups in total. The summed E-state index contributed by atoms with van der Waals surface area (Å²) in [7, 11) is 0. The van der Waals surface area contributed by atoms with Crippen LogP contribution in [0.2, 0.25) is 0 Å². The molecule has 0 aromatic heterocycles. The van der Waals surface area contributed by atoms with Gasteiger partial charge in [-0.1, -0.05) is 70.5 Å². The molecule has 0 spiro atoms. The summed E-state index contributed by atoms with van der Waals surface area (Å²) in [4.78, 5) is 0. The summed E-state index contributed by atoms with van der Waals surface area (Å²) in [5.74, 6) is 0. The molecular formula is C15H27NS3. The van der Waals surface area contributed by atoms with E-state index in [2.05, 4.69) is 32.5 Å². The minimum atomic E-state index is -0.0458. The van der Waals surface area contributed by atoms with Crippen LogP contribution in [0.1, 0.15) is 78.1 Å². The standard InChI is InChI=1S/C15H27NS3/c1-3-4-5-6-7-8-9-10-11-15(2,12-13-16)19-14(17)18/h3-12H2,1-2H3,(H,17,18)/t15-/m0/s1. The number of unbranched alkanes of at least 4 members (excludes halogenated alkanes) is 7. The van der Waals surface area contributed by atoms with E-state index in [0.29, 0.717) is 9.95 Å². The summed E-state index contributed by atoms with van der Waals surface area (Å²) >= 11 is 10.8. The largest absolute Gasteiger partial charge is 0.198 e. The second kappa shape index (κ2) is 12.1. The van der Waals surface area contributed by atoms with E-state index in [4.69, 9.17) is 17.5 Å². The maximum Gasteiger partial charge on any atom is 0.101 e. The zero-order chi connectivity index (χ0) is 14.6. The van der Waals surface area contributed by atoms with Gasteiger partial charge in [-0.3, -0.25) is 0 Å². The lowest BCUT2D eigenvalue weighted by molar-refractivity contribution is 0.519. The molecule has 0 unspecified atom stereocenters. The fourth-order valence-electron chi connectivity index (χ4n) is 2.19. The van der Waals surface area contributed by atoms with Crippen molar-refractivity contribution in [1.82, 2.24) is 0 Å². The Morgan fingerprint density at radius 2 is 1.68 bits per heavy atom. The van der Waals surface area contributed by atoms with Gasteiger partial charge in [-0.05, 0) is 13.3 Å². The van der Waals surface area contributed by atoms with E-state index < -0.39 is 0 Å². The number of nitrogens with zero attached hydrogens (tertiary/aromatic N) is 1. The molecule has 0 aromatic rings. The fourth-order valence-corrected chi connectivity index (χ4v) is 4.26. The maximum atomic E-state index is 8.91. The van der Waals surface area contributed by atoms with Crippen LogP contribution in [0.3, 0.4) is 0 Å². The second-order valence-electron chi connectivity index (χ2n) is 5.38. The molecule has 0 aliphatic heterocycles. The highest BCUT2D eigenvalue weighted by molar-refractivity contribution is 8.42. The van der Waals surface area contributed by atoms with Crippen molar-refractivity contribution in [2.75, 3.05) is 0 Å². The first-order chi connectivity index (χ1) is 9.04. The summed E-state index contributed by atoms with van der Waals surface area (Å²) < 4.78 is 0.604. The quantitative estimate of drug-likeness (QED) is 0.281. The predicted molar refractivity (Wildman–Crippen MR) is 95.0 cm³/mol. The number of rotatable bonds is 11. The number of hydrogen-bond donors (Lipinski definition) is 1. The summed E-state index contributed by atoms with van der Waals surface area (Å²) in [5, 5.41) is 8.91. The number of thiocarbonyl (C=S) groups is 1. The van der Waals surface area contributed by atoms with Crippen LogP contribution in [0.15, 0.2) is 0 Å². The van der Waals surface area contributed by atoms with E-state index in [1.54, 1.807) is 11.8 Å². The van der Waals surface area contributed by atoms with Gasteiger partial charge >= 0.3 is 0 Å². The van der Waals surface area contributed by atoms with Crippen LogP contribution >= 0.6 is 36.6 Å². The van der Waals surface area contributed by atoms with E-state index in [1.165, 1.54) is 51.4 Å². The van der Waals surface area contributed by atoms with Crippen LogP contribution < -0.4 is 0 Å². The molecule has 0 heterocycles. The van der Waals surface area contributed by atoms with Crippen molar-refractivity contribution < 1.29 is 0 Å². The van der Waals surface area contributed by atoms with Gasteiger partial charge in [-0.25, -0.2) is 0 Å². The van der Waals surface area contributed by atoms with Crippen molar-refractivity contribution in [3.63, 3.8) is 0 Å². The van der Waals surface area contributed by atoms with Gasteiger partial charge in [0, 0.05) is 11.2 Å². The van der Waals surface area contributed by atoms with Crippen LogP contribution in [-0.4, -0.2) is 8.28 Å². The highest BCUT2D eigenvalue weighted by atomic mass is 32.2. The van der Waals surface area contributed by atoms with Gasteiger partial charge in [0.05, 0.1) is 6.07 Å². The van der Waals surface area contributed by atoms with Crippen LogP contribution in [0.4, 0.5) is 0 Å². The second-order valence-corrected chi connectivity index (χ2v) is 8.69. The Labute approximate surface area is 134 Å². The molecule has 0 aromatic carbocycles. The van der Waals surface area contributed by atoms with Crippen molar-refractivity contribution in [2.24, 2.45) is 0 Å². The molecule has 0 saturated carbocycles. The van der Waals surface area contributed by atoms with Crippen molar-refractivity contribution >= 4 is 40.1 Å². The maximum absolute atomic E-state index is 8.91. The van der Waals surface area contributed by atoms with E-state index in [-0.39, 0.29) is 4.75 Å². The molecule has 19 heavy (non-hydrogen) atoms. The molecule has 1 atom stereocenters. The van der Waals surface area contributed by atoms with Gasteiger partial charge in [0.2, 0.25) is 0 Å². The molecule has 0 saturated heterocycles. The predicted octanol–water partition coefficient (Wildman–Crippen LogP) is 6.14. The van der Waals surface area contributed by atoms with E-state index in [0.717, 1.165) is 6.42 Å². The average Bonchev–Trinajstić information content (AvgIpc) is 2.32. The molecule has 0 aliphatic rings. The Hall–Kier alpha value is 0.280. The van der Waals surface area contributed by atoms with Gasteiger partial charge in [-0.2, -0.15) is 5.26 Å². The third-order valence-electron chi connectivity index (χ3n) is 3.35. The molecular weight excluding hydrogens is 290 g/mol. The van der Waals surface area contributed by atoms with Gasteiger partial charge < -0.3 is 0 Å². The normalized spacial score (nSPS) is 13.8. The number of hydrogen-bond acceptors (Lipinski definition) is 3. The summed E-state index contributed by atoms with van der Waals surface area (Å²) in [6.45, 7) is 4.38. The molecule has 4 heteroatoms. The first kappa shape index (κ1) is 19.3. The number of thioether (sulfide) groups is 1. The van der Waals surface area contributed by atoms with Gasteiger partial charge in [0.25, 0.3) is 0 Å². The Morgan fingerprint density at radius 3 is 2.16 bits per heavy atom. The third-order valence-corrected chi connectivity index (χ3v) is 4.89. The lowest BCUT2D eigenvalue weighted by atomic mass is 9.98. The lowest BCUT2D eigenvalue weighted by Crippen LogP contribution is -2.20. The zero-order valence-corrected chi connectivity index (χ0v) is 14.8. The molecule has 0 amide bonds. The molecule has 1 nitrogen and oxygen atoms in total. The van der Waals surface area contributed by atoms with Gasteiger partial charge in [0.15, 0.2) is 0 Å². The summed E-state index contributed by atoms with van der Waals surface area (Å²) in [5.41, 5.74) is 0. The number of nitriles is 1. The summed E-state index contributed by atoms with van der Waals surface area (Å²) in [6, 6.07) is 2.27. The smallest absolute Gasteiger partial charge is 0.101 e. The van der Waals surface area contributed by atoms with Gasteiger partial charge in [0.1, 0.15) is 3.53 Å². The van der Waals surface area contributed by atoms with E-state index in [9.17, 15) is 0 Å². The minimum absolute atomic E-state index is 0.0458. The van der Waals surface area contributed by atoms with Crippen molar-refractivity contribution in [2.45, 2.75) is 82.8 Å². The monoisotopic (exact) mass is 317 g/mol. The van der Waals surface area contributed by atoms with Crippen LogP contribution in [-0.2, 0) is 0 Å². The molecule has 0 rings (SSSR count). The first-order valence-electron chi connectivity index (χ1n) is 7.33. The van der Waals surface area contributed by atoms with Crippen LogP contribution in [0.25, 0.3) is 0 Å². The lowest BCUT2D eigenvalue weighted by Gasteiger charge is -2.25. The minimum Gasteiger partial charge on any atom is -0.198 e. The van der Waals surface area contributed by atoms with Crippen molar-refractivity contribution in [3.8, 4) is 6.07 Å².